The van der Waals surface area contributed by atoms with Gasteiger partial charge in [0.05, 0.1) is 17.8 Å². The minimum Gasteiger partial charge on any atom is -0.467 e. The van der Waals surface area contributed by atoms with Crippen molar-refractivity contribution in [3.05, 3.63) is 66.2 Å². The number of methoxy groups -OCH3 is 1. The molecule has 0 saturated heterocycles. The second-order valence-corrected chi connectivity index (χ2v) is 7.93. The molecule has 2 aromatic rings. The van der Waals surface area contributed by atoms with Crippen LogP contribution in [-0.4, -0.2) is 44.3 Å². The summed E-state index contributed by atoms with van der Waals surface area (Å²) in [6.07, 6.45) is -1.67. The molecule has 0 fully saturated rings. The maximum Gasteiger partial charge on any atom is 0.328 e. The number of hydrogen-bond acceptors (Lipinski definition) is 6. The second kappa shape index (κ2) is 9.29. The van der Waals surface area contributed by atoms with Gasteiger partial charge in [0.2, 0.25) is 0 Å². The summed E-state index contributed by atoms with van der Waals surface area (Å²) < 4.78 is 29.4. The number of carbonyl (C=O) groups excluding carboxylic acids is 2. The number of amides is 1. The minimum absolute atomic E-state index is 0.129. The fraction of sp³-hybridized carbons (Fsp3) is 0.263. The van der Waals surface area contributed by atoms with E-state index in [2.05, 4.69) is 10.1 Å². The molecule has 0 heterocycles. The molecule has 0 bridgehead atoms. The molecule has 8 heteroatoms. The highest BCUT2D eigenvalue weighted by atomic mass is 32.2. The van der Waals surface area contributed by atoms with Gasteiger partial charge in [0.15, 0.2) is 15.9 Å². The van der Waals surface area contributed by atoms with E-state index in [1.807, 2.05) is 0 Å². The van der Waals surface area contributed by atoms with E-state index in [1.54, 1.807) is 48.5 Å². The minimum atomic E-state index is -3.63. The lowest BCUT2D eigenvalue weighted by Crippen LogP contribution is -2.44. The van der Waals surface area contributed by atoms with Crippen molar-refractivity contribution in [3.63, 3.8) is 0 Å². The first-order valence-corrected chi connectivity index (χ1v) is 9.89. The highest BCUT2D eigenvalue weighted by molar-refractivity contribution is 7.91. The van der Waals surface area contributed by atoms with Gasteiger partial charge in [-0.3, -0.25) is 4.79 Å². The molecule has 0 unspecified atom stereocenters. The van der Waals surface area contributed by atoms with Gasteiger partial charge in [-0.15, -0.1) is 0 Å². The molecule has 0 saturated carbocycles. The topological polar surface area (TPSA) is 110 Å². The standard InChI is InChI=1S/C19H21NO6S/c1-26-19(23)16(12-13-27(24,25)15-10-6-3-7-11-15)20-18(22)17(21)14-8-4-2-5-9-14/h2-11,16-17,21H,12-13H2,1H3,(H,20,22)/t16-,17-/m0/s1. The lowest BCUT2D eigenvalue weighted by molar-refractivity contribution is -0.146. The zero-order valence-corrected chi connectivity index (χ0v) is 15.6. The summed E-state index contributed by atoms with van der Waals surface area (Å²) in [6, 6.07) is 14.8. The molecule has 0 radical (unpaired) electrons. The Balaban J connectivity index is 2.07. The molecule has 2 aromatic carbocycles. The van der Waals surface area contributed by atoms with Gasteiger partial charge >= 0.3 is 5.97 Å². The first-order chi connectivity index (χ1) is 12.8. The van der Waals surface area contributed by atoms with Crippen molar-refractivity contribution < 1.29 is 27.9 Å². The Bertz CT molecular complexity index is 868. The number of carbonyl (C=O) groups is 2. The van der Waals surface area contributed by atoms with Crippen LogP contribution in [0.5, 0.6) is 0 Å². The third-order valence-electron chi connectivity index (χ3n) is 3.94. The van der Waals surface area contributed by atoms with Crippen molar-refractivity contribution in [1.29, 1.82) is 0 Å². The fourth-order valence-corrected chi connectivity index (χ4v) is 3.80. The Morgan fingerprint density at radius 3 is 2.15 bits per heavy atom. The Labute approximate surface area is 157 Å². The van der Waals surface area contributed by atoms with E-state index >= 15 is 0 Å². The van der Waals surface area contributed by atoms with Crippen LogP contribution in [0.4, 0.5) is 0 Å². The lowest BCUT2D eigenvalue weighted by atomic mass is 10.1. The first-order valence-electron chi connectivity index (χ1n) is 8.24. The van der Waals surface area contributed by atoms with Gasteiger partial charge in [-0.25, -0.2) is 13.2 Å². The highest BCUT2D eigenvalue weighted by Crippen LogP contribution is 2.15. The van der Waals surface area contributed by atoms with E-state index in [-0.39, 0.29) is 17.1 Å². The quantitative estimate of drug-likeness (QED) is 0.655. The molecule has 2 rings (SSSR count). The maximum absolute atomic E-state index is 12.4. The third kappa shape index (κ3) is 5.63. The first kappa shape index (κ1) is 20.6. The normalized spacial score (nSPS) is 13.4. The van der Waals surface area contributed by atoms with Crippen molar-refractivity contribution in [1.82, 2.24) is 5.32 Å². The third-order valence-corrected chi connectivity index (χ3v) is 5.71. The van der Waals surface area contributed by atoms with Gasteiger partial charge in [0.25, 0.3) is 5.91 Å². The Kier molecular flexibility index (Phi) is 7.09. The summed E-state index contributed by atoms with van der Waals surface area (Å²) in [7, 11) is -2.49. The second-order valence-electron chi connectivity index (χ2n) is 5.82. The number of benzene rings is 2. The number of aliphatic hydroxyl groups is 1. The molecule has 2 N–H and O–H groups in total. The van der Waals surface area contributed by atoms with Crippen LogP contribution in [-0.2, 0) is 24.2 Å². The van der Waals surface area contributed by atoms with E-state index in [1.165, 1.54) is 12.1 Å². The molecule has 27 heavy (non-hydrogen) atoms. The number of ether oxygens (including phenoxy) is 1. The highest BCUT2D eigenvalue weighted by Gasteiger charge is 2.28. The molecular weight excluding hydrogens is 370 g/mol. The SMILES string of the molecule is COC(=O)[C@H](CCS(=O)(=O)c1ccccc1)NC(=O)[C@@H](O)c1ccccc1. The van der Waals surface area contributed by atoms with Gasteiger partial charge < -0.3 is 15.2 Å². The molecule has 0 aliphatic carbocycles. The molecule has 0 aliphatic heterocycles. The zero-order chi connectivity index (χ0) is 19.9. The van der Waals surface area contributed by atoms with Crippen molar-refractivity contribution in [2.45, 2.75) is 23.5 Å². The van der Waals surface area contributed by atoms with Crippen LogP contribution in [0.1, 0.15) is 18.1 Å². The summed E-state index contributed by atoms with van der Waals surface area (Å²) >= 11 is 0. The average molecular weight is 391 g/mol. The van der Waals surface area contributed by atoms with Gasteiger partial charge in [-0.05, 0) is 24.1 Å². The fourth-order valence-electron chi connectivity index (χ4n) is 2.45. The van der Waals surface area contributed by atoms with Crippen molar-refractivity contribution >= 4 is 21.7 Å². The largest absolute Gasteiger partial charge is 0.467 e. The number of nitrogens with one attached hydrogen (secondary N) is 1. The van der Waals surface area contributed by atoms with E-state index in [9.17, 15) is 23.1 Å². The van der Waals surface area contributed by atoms with Crippen molar-refractivity contribution in [2.24, 2.45) is 0 Å². The van der Waals surface area contributed by atoms with Gasteiger partial charge in [0.1, 0.15) is 6.04 Å². The van der Waals surface area contributed by atoms with Crippen molar-refractivity contribution in [3.8, 4) is 0 Å². The van der Waals surface area contributed by atoms with Crippen LogP contribution in [0.2, 0.25) is 0 Å². The molecule has 1 amide bonds. The Morgan fingerprint density at radius 2 is 1.59 bits per heavy atom. The molecule has 0 spiro atoms. The summed E-state index contributed by atoms with van der Waals surface area (Å²) in [5, 5.41) is 12.5. The summed E-state index contributed by atoms with van der Waals surface area (Å²) in [5.41, 5.74) is 0.357. The van der Waals surface area contributed by atoms with E-state index in [4.69, 9.17) is 0 Å². The van der Waals surface area contributed by atoms with Gasteiger partial charge in [0, 0.05) is 0 Å². The van der Waals surface area contributed by atoms with E-state index < -0.39 is 33.9 Å². The smallest absolute Gasteiger partial charge is 0.328 e. The monoisotopic (exact) mass is 391 g/mol. The van der Waals surface area contributed by atoms with Crippen LogP contribution in [0.15, 0.2) is 65.6 Å². The molecule has 0 aliphatic rings. The number of sulfone groups is 1. The average Bonchev–Trinajstić information content (AvgIpc) is 2.71. The number of rotatable bonds is 8. The molecular formula is C19H21NO6S. The number of aliphatic hydroxyl groups excluding tert-OH is 1. The Hall–Kier alpha value is -2.71. The zero-order valence-electron chi connectivity index (χ0n) is 14.7. The Morgan fingerprint density at radius 1 is 1.04 bits per heavy atom. The molecule has 7 nitrogen and oxygen atoms in total. The van der Waals surface area contributed by atoms with E-state index in [0.717, 1.165) is 7.11 Å². The summed E-state index contributed by atoms with van der Waals surface area (Å²) in [4.78, 5) is 24.3. The van der Waals surface area contributed by atoms with Crippen LogP contribution in [0.3, 0.4) is 0 Å². The summed E-state index contributed by atoms with van der Waals surface area (Å²) in [5.74, 6) is -1.96. The van der Waals surface area contributed by atoms with Crippen LogP contribution >= 0.6 is 0 Å². The van der Waals surface area contributed by atoms with E-state index in [0.29, 0.717) is 5.56 Å². The summed E-state index contributed by atoms with van der Waals surface area (Å²) in [6.45, 7) is 0. The van der Waals surface area contributed by atoms with Crippen LogP contribution in [0, 0.1) is 0 Å². The predicted molar refractivity (Wildman–Crippen MR) is 98.5 cm³/mol. The maximum atomic E-state index is 12.4. The van der Waals surface area contributed by atoms with Gasteiger partial charge in [-0.2, -0.15) is 0 Å². The molecule has 0 aromatic heterocycles. The molecule has 2 atom stereocenters. The van der Waals surface area contributed by atoms with Gasteiger partial charge in [-0.1, -0.05) is 48.5 Å². The number of esters is 1. The van der Waals surface area contributed by atoms with Crippen LogP contribution in [0.25, 0.3) is 0 Å². The molecule has 144 valence electrons. The predicted octanol–water partition coefficient (Wildman–Crippen LogP) is 1.24. The van der Waals surface area contributed by atoms with Crippen molar-refractivity contribution in [2.75, 3.05) is 12.9 Å². The lowest BCUT2D eigenvalue weighted by Gasteiger charge is -2.19. The number of hydrogen-bond donors (Lipinski definition) is 2. The van der Waals surface area contributed by atoms with Crippen LogP contribution < -0.4 is 5.32 Å².